The topological polar surface area (TPSA) is 0 Å². The quantitative estimate of drug-likeness (QED) is 0.506. The minimum Gasteiger partial charge on any atom is -0.120 e. The minimum atomic E-state index is 0.526. The van der Waals surface area contributed by atoms with Crippen LogP contribution in [0.5, 0.6) is 0 Å². The van der Waals surface area contributed by atoms with Gasteiger partial charge in [-0.2, -0.15) is 0 Å². The standard InChI is InChI=1S/C9H15/c1-5-6-7-9(4)8(2)3/h1,8-9H,2,6-7H2,3-4H3. The molecule has 0 aliphatic heterocycles. The van der Waals surface area contributed by atoms with E-state index in [9.17, 15) is 0 Å². The van der Waals surface area contributed by atoms with Gasteiger partial charge in [0.1, 0.15) is 0 Å². The summed E-state index contributed by atoms with van der Waals surface area (Å²) in [6, 6.07) is 0. The number of rotatable bonds is 3. The Morgan fingerprint density at radius 2 is 2.11 bits per heavy atom. The van der Waals surface area contributed by atoms with Crippen molar-refractivity contribution in [2.24, 2.45) is 11.8 Å². The highest BCUT2D eigenvalue weighted by Crippen LogP contribution is 2.14. The van der Waals surface area contributed by atoms with E-state index in [4.69, 9.17) is 6.42 Å². The molecule has 0 amide bonds. The second-order valence-electron chi connectivity index (χ2n) is 2.70. The lowest BCUT2D eigenvalue weighted by Gasteiger charge is -2.12. The molecule has 9 heavy (non-hydrogen) atoms. The molecule has 0 aromatic carbocycles. The molecule has 0 aromatic rings. The van der Waals surface area contributed by atoms with Crippen molar-refractivity contribution in [3.63, 3.8) is 0 Å². The van der Waals surface area contributed by atoms with Crippen molar-refractivity contribution < 1.29 is 0 Å². The molecule has 0 heterocycles. The predicted octanol–water partition coefficient (Wildman–Crippen LogP) is 2.51. The largest absolute Gasteiger partial charge is 0.120 e. The Kier molecular flexibility index (Phi) is 4.22. The Bertz CT molecular complexity index is 95.1. The SMILES string of the molecule is C#CCCC(C)C([CH2])C. The van der Waals surface area contributed by atoms with E-state index in [1.165, 1.54) is 0 Å². The fourth-order valence-electron chi connectivity index (χ4n) is 0.596. The normalized spacial score (nSPS) is 13.2. The van der Waals surface area contributed by atoms with Crippen molar-refractivity contribution in [1.29, 1.82) is 0 Å². The molecule has 0 aromatic heterocycles. The molecule has 0 aliphatic carbocycles. The first-order valence-corrected chi connectivity index (χ1v) is 3.45. The first kappa shape index (κ1) is 8.56. The van der Waals surface area contributed by atoms with Crippen molar-refractivity contribution in [2.45, 2.75) is 26.7 Å². The Hall–Kier alpha value is -0.440. The molecule has 0 heteroatoms. The zero-order valence-corrected chi connectivity index (χ0v) is 6.35. The monoisotopic (exact) mass is 123 g/mol. The molecule has 0 spiro atoms. The highest BCUT2D eigenvalue weighted by atomic mass is 14.1. The third-order valence-corrected chi connectivity index (χ3v) is 1.72. The predicted molar refractivity (Wildman–Crippen MR) is 41.8 cm³/mol. The van der Waals surface area contributed by atoms with Crippen LogP contribution in [0.15, 0.2) is 0 Å². The third-order valence-electron chi connectivity index (χ3n) is 1.72. The number of hydrogen-bond acceptors (Lipinski definition) is 0. The lowest BCUT2D eigenvalue weighted by Crippen LogP contribution is -2.02. The second-order valence-corrected chi connectivity index (χ2v) is 2.70. The van der Waals surface area contributed by atoms with Gasteiger partial charge in [-0.15, -0.1) is 12.3 Å². The molecule has 0 nitrogen and oxygen atoms in total. The summed E-state index contributed by atoms with van der Waals surface area (Å²) in [5.41, 5.74) is 0. The maximum absolute atomic E-state index is 5.11. The lowest BCUT2D eigenvalue weighted by molar-refractivity contribution is 0.431. The Labute approximate surface area is 58.7 Å². The molecule has 0 bridgehead atoms. The molecule has 0 N–H and O–H groups in total. The van der Waals surface area contributed by atoms with Gasteiger partial charge >= 0.3 is 0 Å². The van der Waals surface area contributed by atoms with Gasteiger partial charge in [-0.05, 0) is 18.3 Å². The number of terminal acetylenes is 1. The average Bonchev–Trinajstić information content (AvgIpc) is 1.82. The highest BCUT2D eigenvalue weighted by Gasteiger charge is 2.04. The first-order chi connectivity index (χ1) is 4.18. The van der Waals surface area contributed by atoms with Crippen LogP contribution >= 0.6 is 0 Å². The summed E-state index contributed by atoms with van der Waals surface area (Å²) in [7, 11) is 0. The van der Waals surface area contributed by atoms with E-state index >= 15 is 0 Å². The Balaban J connectivity index is 3.29. The summed E-state index contributed by atoms with van der Waals surface area (Å²) < 4.78 is 0. The van der Waals surface area contributed by atoms with Crippen molar-refractivity contribution in [3.8, 4) is 12.3 Å². The van der Waals surface area contributed by atoms with Gasteiger partial charge in [0.25, 0.3) is 0 Å². The van der Waals surface area contributed by atoms with Gasteiger partial charge in [0.05, 0.1) is 0 Å². The zero-order valence-electron chi connectivity index (χ0n) is 6.35. The fraction of sp³-hybridized carbons (Fsp3) is 0.667. The lowest BCUT2D eigenvalue weighted by atomic mass is 9.94. The summed E-state index contributed by atoms with van der Waals surface area (Å²) in [6.07, 6.45) is 7.11. The molecular formula is C9H15. The summed E-state index contributed by atoms with van der Waals surface area (Å²) in [6.45, 7) is 8.24. The molecule has 2 atom stereocenters. The Morgan fingerprint density at radius 1 is 1.56 bits per heavy atom. The second kappa shape index (κ2) is 4.44. The van der Waals surface area contributed by atoms with Crippen molar-refractivity contribution in [1.82, 2.24) is 0 Å². The van der Waals surface area contributed by atoms with Gasteiger partial charge in [-0.25, -0.2) is 0 Å². The number of hydrogen-bond donors (Lipinski definition) is 0. The van der Waals surface area contributed by atoms with E-state index in [0.717, 1.165) is 12.8 Å². The van der Waals surface area contributed by atoms with Gasteiger partial charge in [0.15, 0.2) is 0 Å². The third kappa shape index (κ3) is 4.09. The molecule has 0 rings (SSSR count). The molecule has 51 valence electrons. The average molecular weight is 123 g/mol. The smallest absolute Gasteiger partial charge is 0.00886 e. The molecular weight excluding hydrogens is 108 g/mol. The summed E-state index contributed by atoms with van der Waals surface area (Å²) in [4.78, 5) is 0. The van der Waals surface area contributed by atoms with E-state index in [1.807, 2.05) is 0 Å². The highest BCUT2D eigenvalue weighted by molar-refractivity contribution is 4.84. The minimum absolute atomic E-state index is 0.526. The molecule has 0 fully saturated rings. The van der Waals surface area contributed by atoms with Crippen LogP contribution in [0, 0.1) is 31.1 Å². The van der Waals surface area contributed by atoms with Gasteiger partial charge in [0.2, 0.25) is 0 Å². The van der Waals surface area contributed by atoms with Crippen LogP contribution in [0.1, 0.15) is 26.7 Å². The van der Waals surface area contributed by atoms with Crippen molar-refractivity contribution in [2.75, 3.05) is 0 Å². The summed E-state index contributed by atoms with van der Waals surface area (Å²) in [5.74, 6) is 3.82. The summed E-state index contributed by atoms with van der Waals surface area (Å²) >= 11 is 0. The van der Waals surface area contributed by atoms with Crippen LogP contribution in [0.25, 0.3) is 0 Å². The van der Waals surface area contributed by atoms with Crippen LogP contribution in [-0.4, -0.2) is 0 Å². The van der Waals surface area contributed by atoms with E-state index in [-0.39, 0.29) is 0 Å². The van der Waals surface area contributed by atoms with E-state index in [2.05, 4.69) is 26.7 Å². The van der Waals surface area contributed by atoms with Crippen molar-refractivity contribution >= 4 is 0 Å². The maximum Gasteiger partial charge on any atom is 0.00886 e. The Morgan fingerprint density at radius 3 is 2.44 bits per heavy atom. The zero-order chi connectivity index (χ0) is 7.28. The fourth-order valence-corrected chi connectivity index (χ4v) is 0.596. The van der Waals surface area contributed by atoms with E-state index in [1.54, 1.807) is 0 Å². The van der Waals surface area contributed by atoms with Crippen LogP contribution in [0.2, 0.25) is 0 Å². The molecule has 2 unspecified atom stereocenters. The van der Waals surface area contributed by atoms with Crippen LogP contribution in [-0.2, 0) is 0 Å². The van der Waals surface area contributed by atoms with Crippen molar-refractivity contribution in [3.05, 3.63) is 6.92 Å². The van der Waals surface area contributed by atoms with Gasteiger partial charge in [-0.3, -0.25) is 0 Å². The van der Waals surface area contributed by atoms with Gasteiger partial charge < -0.3 is 0 Å². The molecule has 0 saturated heterocycles. The maximum atomic E-state index is 5.11. The molecule has 0 saturated carbocycles. The van der Waals surface area contributed by atoms with E-state index in [0.29, 0.717) is 11.8 Å². The van der Waals surface area contributed by atoms with Crippen LogP contribution in [0.3, 0.4) is 0 Å². The molecule has 0 aliphatic rings. The molecule has 1 radical (unpaired) electrons. The van der Waals surface area contributed by atoms with Crippen LogP contribution < -0.4 is 0 Å². The first-order valence-electron chi connectivity index (χ1n) is 3.45. The van der Waals surface area contributed by atoms with Crippen LogP contribution in [0.4, 0.5) is 0 Å². The van der Waals surface area contributed by atoms with E-state index < -0.39 is 0 Å². The van der Waals surface area contributed by atoms with Gasteiger partial charge in [-0.1, -0.05) is 20.8 Å². The van der Waals surface area contributed by atoms with Gasteiger partial charge in [0, 0.05) is 6.42 Å². The summed E-state index contributed by atoms with van der Waals surface area (Å²) in [5, 5.41) is 0.